The monoisotopic (exact) mass is 450 g/mol. The maximum atomic E-state index is 13.5. The van der Waals surface area contributed by atoms with E-state index in [1.807, 2.05) is 26.0 Å². The lowest BCUT2D eigenvalue weighted by Gasteiger charge is -2.37. The van der Waals surface area contributed by atoms with Gasteiger partial charge in [0.1, 0.15) is 16.7 Å². The van der Waals surface area contributed by atoms with Crippen molar-refractivity contribution in [2.24, 2.45) is 5.92 Å². The fourth-order valence-electron chi connectivity index (χ4n) is 4.22. The minimum atomic E-state index is -3.85. The van der Waals surface area contributed by atoms with E-state index < -0.39 is 16.1 Å². The number of carbonyl (C=O) groups excluding carboxylic acids is 1. The number of carbonyl (C=O) groups is 1. The zero-order chi connectivity index (χ0) is 22.8. The van der Waals surface area contributed by atoms with E-state index in [9.17, 15) is 18.3 Å². The van der Waals surface area contributed by atoms with Gasteiger partial charge in [-0.3, -0.25) is 4.79 Å². The van der Waals surface area contributed by atoms with Crippen LogP contribution in [-0.4, -0.2) is 67.5 Å². The van der Waals surface area contributed by atoms with E-state index in [1.54, 1.807) is 24.9 Å². The number of likely N-dealkylation sites (N-methyl/N-ethyl adjacent to an activating group) is 1. The molecule has 0 saturated carbocycles. The number of sulfonamides is 1. The third kappa shape index (κ3) is 4.96. The Labute approximate surface area is 185 Å². The fourth-order valence-corrected chi connectivity index (χ4v) is 6.04. The fraction of sp³-hybridized carbons (Fsp3) is 0.609. The average molecular weight is 451 g/mol. The van der Waals surface area contributed by atoms with Crippen molar-refractivity contribution in [3.63, 3.8) is 0 Å². The molecule has 3 rings (SSSR count). The van der Waals surface area contributed by atoms with E-state index in [0.717, 1.165) is 24.8 Å². The van der Waals surface area contributed by atoms with E-state index in [0.29, 0.717) is 18.7 Å². The molecule has 0 unspecified atom stereocenters. The zero-order valence-corrected chi connectivity index (χ0v) is 19.7. The van der Waals surface area contributed by atoms with Gasteiger partial charge in [-0.25, -0.2) is 8.42 Å². The van der Waals surface area contributed by atoms with Crippen LogP contribution in [-0.2, 0) is 14.8 Å². The maximum absolute atomic E-state index is 13.5. The number of rotatable bonds is 6. The van der Waals surface area contributed by atoms with Crippen LogP contribution in [0.15, 0.2) is 29.2 Å². The predicted octanol–water partition coefficient (Wildman–Crippen LogP) is 2.89. The minimum Gasteiger partial charge on any atom is -0.487 e. The molecule has 0 bridgehead atoms. The van der Waals surface area contributed by atoms with Crippen molar-refractivity contribution in [1.82, 2.24) is 9.21 Å². The van der Waals surface area contributed by atoms with Crippen LogP contribution in [0.25, 0.3) is 5.57 Å². The second kappa shape index (κ2) is 9.71. The summed E-state index contributed by atoms with van der Waals surface area (Å²) in [5.74, 6) is 0.142. The van der Waals surface area contributed by atoms with Crippen LogP contribution in [0.2, 0.25) is 0 Å². The highest BCUT2D eigenvalue weighted by Crippen LogP contribution is 2.37. The lowest BCUT2D eigenvalue weighted by atomic mass is 10.0. The molecule has 3 atom stereocenters. The van der Waals surface area contributed by atoms with Crippen molar-refractivity contribution >= 4 is 21.5 Å². The lowest BCUT2D eigenvalue weighted by Crippen LogP contribution is -2.50. The molecule has 2 aliphatic rings. The Morgan fingerprint density at radius 1 is 1.39 bits per heavy atom. The molecule has 0 saturated heterocycles. The van der Waals surface area contributed by atoms with E-state index in [2.05, 4.69) is 6.08 Å². The van der Waals surface area contributed by atoms with Crippen molar-refractivity contribution in [3.8, 4) is 5.75 Å². The quantitative estimate of drug-likeness (QED) is 0.720. The van der Waals surface area contributed by atoms with Crippen molar-refractivity contribution in [2.45, 2.75) is 63.5 Å². The molecule has 172 valence electrons. The second-order valence-corrected chi connectivity index (χ2v) is 10.5. The van der Waals surface area contributed by atoms with Crippen LogP contribution in [0.3, 0.4) is 0 Å². The van der Waals surface area contributed by atoms with E-state index in [1.165, 1.54) is 9.88 Å². The van der Waals surface area contributed by atoms with Gasteiger partial charge in [0.05, 0.1) is 13.2 Å². The molecule has 1 heterocycles. The van der Waals surface area contributed by atoms with Crippen molar-refractivity contribution in [2.75, 3.05) is 26.7 Å². The topological polar surface area (TPSA) is 87.2 Å². The molecule has 1 aromatic rings. The van der Waals surface area contributed by atoms with Crippen LogP contribution in [0.5, 0.6) is 5.75 Å². The van der Waals surface area contributed by atoms with Gasteiger partial charge in [0.15, 0.2) is 0 Å². The van der Waals surface area contributed by atoms with E-state index in [4.69, 9.17) is 4.74 Å². The summed E-state index contributed by atoms with van der Waals surface area (Å²) in [6.45, 7) is 5.74. The standard InChI is InChI=1S/C23H34N2O5S/c1-5-23(27)24(4)14-21-16(2)13-25(17(3)15-26)31(28,29)22-11-10-19(12-20(22)30-21)18-8-6-7-9-18/h8,10-12,16-17,21,26H,5-7,9,13-15H2,1-4H3/t16-,17+,21-/m0/s1. The second-order valence-electron chi connectivity index (χ2n) is 8.65. The third-order valence-corrected chi connectivity index (χ3v) is 8.28. The molecule has 0 spiro atoms. The molecule has 1 amide bonds. The summed E-state index contributed by atoms with van der Waals surface area (Å²) in [4.78, 5) is 13.9. The van der Waals surface area contributed by atoms with Crippen LogP contribution in [0.4, 0.5) is 0 Å². The van der Waals surface area contributed by atoms with Crippen molar-refractivity contribution < 1.29 is 23.1 Å². The summed E-state index contributed by atoms with van der Waals surface area (Å²) < 4.78 is 34.7. The van der Waals surface area contributed by atoms with E-state index >= 15 is 0 Å². The number of ether oxygens (including phenoxy) is 1. The number of allylic oxidation sites excluding steroid dienone is 2. The number of fused-ring (bicyclic) bond motifs is 1. The number of benzene rings is 1. The van der Waals surface area contributed by atoms with Gasteiger partial charge in [0.25, 0.3) is 0 Å². The molecule has 0 fully saturated rings. The summed E-state index contributed by atoms with van der Waals surface area (Å²) in [5, 5.41) is 9.72. The van der Waals surface area contributed by atoms with Gasteiger partial charge in [-0.05, 0) is 49.5 Å². The molecule has 1 aliphatic carbocycles. The van der Waals surface area contributed by atoms with Gasteiger partial charge in [0.2, 0.25) is 15.9 Å². The van der Waals surface area contributed by atoms with Crippen LogP contribution >= 0.6 is 0 Å². The molecule has 0 radical (unpaired) electrons. The van der Waals surface area contributed by atoms with E-state index in [-0.39, 0.29) is 36.0 Å². The van der Waals surface area contributed by atoms with Gasteiger partial charge in [0, 0.05) is 32.0 Å². The molecular formula is C23H34N2O5S. The minimum absolute atomic E-state index is 0.0103. The first kappa shape index (κ1) is 23.8. The number of aliphatic hydroxyl groups excluding tert-OH is 1. The third-order valence-electron chi connectivity index (χ3n) is 6.26. The molecule has 1 aliphatic heterocycles. The summed E-state index contributed by atoms with van der Waals surface area (Å²) in [6.07, 6.45) is 5.29. The number of amides is 1. The summed E-state index contributed by atoms with van der Waals surface area (Å²) in [5.41, 5.74) is 2.17. The Balaban J connectivity index is 2.07. The molecule has 0 aromatic heterocycles. The highest BCUT2D eigenvalue weighted by atomic mass is 32.2. The maximum Gasteiger partial charge on any atom is 0.247 e. The highest BCUT2D eigenvalue weighted by Gasteiger charge is 2.38. The van der Waals surface area contributed by atoms with Gasteiger partial charge >= 0.3 is 0 Å². The Morgan fingerprint density at radius 3 is 2.74 bits per heavy atom. The lowest BCUT2D eigenvalue weighted by molar-refractivity contribution is -0.131. The van der Waals surface area contributed by atoms with Crippen LogP contribution in [0.1, 0.15) is 52.0 Å². The molecule has 31 heavy (non-hydrogen) atoms. The summed E-state index contributed by atoms with van der Waals surface area (Å²) in [7, 11) is -2.11. The van der Waals surface area contributed by atoms with Gasteiger partial charge in [-0.15, -0.1) is 0 Å². The number of aliphatic hydroxyl groups is 1. The average Bonchev–Trinajstić information content (AvgIpc) is 3.29. The Bertz CT molecular complexity index is 943. The number of hydrogen-bond donors (Lipinski definition) is 1. The molecule has 8 heteroatoms. The van der Waals surface area contributed by atoms with Crippen LogP contribution < -0.4 is 4.74 Å². The number of hydrogen-bond acceptors (Lipinski definition) is 5. The van der Waals surface area contributed by atoms with Crippen molar-refractivity contribution in [1.29, 1.82) is 0 Å². The first-order chi connectivity index (χ1) is 14.7. The van der Waals surface area contributed by atoms with Crippen LogP contribution in [0, 0.1) is 5.92 Å². The summed E-state index contributed by atoms with van der Waals surface area (Å²) in [6, 6.07) is 4.71. The number of nitrogens with zero attached hydrogens (tertiary/aromatic N) is 2. The smallest absolute Gasteiger partial charge is 0.247 e. The molecular weight excluding hydrogens is 416 g/mol. The Hall–Kier alpha value is -1.90. The van der Waals surface area contributed by atoms with Gasteiger partial charge in [-0.2, -0.15) is 4.31 Å². The first-order valence-electron chi connectivity index (χ1n) is 11.1. The predicted molar refractivity (Wildman–Crippen MR) is 120 cm³/mol. The SMILES string of the molecule is CCC(=O)N(C)C[C@@H]1Oc2cc(C3=CCCC3)ccc2S(=O)(=O)N([C@H](C)CO)C[C@@H]1C. The zero-order valence-electron chi connectivity index (χ0n) is 18.9. The first-order valence-corrected chi connectivity index (χ1v) is 12.5. The highest BCUT2D eigenvalue weighted by molar-refractivity contribution is 7.89. The Morgan fingerprint density at radius 2 is 2.13 bits per heavy atom. The molecule has 7 nitrogen and oxygen atoms in total. The summed E-state index contributed by atoms with van der Waals surface area (Å²) >= 11 is 0. The van der Waals surface area contributed by atoms with Gasteiger partial charge < -0.3 is 14.7 Å². The molecule has 1 N–H and O–H groups in total. The largest absolute Gasteiger partial charge is 0.487 e. The van der Waals surface area contributed by atoms with Crippen molar-refractivity contribution in [3.05, 3.63) is 29.8 Å². The van der Waals surface area contributed by atoms with Gasteiger partial charge in [-0.1, -0.05) is 26.0 Å². The molecule has 1 aromatic carbocycles. The Kier molecular flexibility index (Phi) is 7.44. The normalized spacial score (nSPS) is 24.4.